The number of alkyl halides is 6. The van der Waals surface area contributed by atoms with Crippen molar-refractivity contribution in [2.75, 3.05) is 0 Å². The topological polar surface area (TPSA) is 25.8 Å². The maximum Gasteiger partial charge on any atom is 0.446 e. The van der Waals surface area contributed by atoms with Crippen molar-refractivity contribution in [3.05, 3.63) is 11.9 Å². The summed E-state index contributed by atoms with van der Waals surface area (Å²) in [7, 11) is 0. The molecule has 0 radical (unpaired) electrons. The minimum Gasteiger partial charge on any atom is -0.230 e. The SMILES string of the molecule is Cc1nc(SC(F)(F)Br)ncc1SC(F)(F)F. The van der Waals surface area contributed by atoms with Gasteiger partial charge in [-0.25, -0.2) is 9.97 Å². The van der Waals surface area contributed by atoms with Crippen molar-refractivity contribution in [1.82, 2.24) is 9.97 Å². The molecule has 0 aromatic carbocycles. The average Bonchev–Trinajstić information content (AvgIpc) is 2.05. The van der Waals surface area contributed by atoms with Crippen molar-refractivity contribution in [2.24, 2.45) is 0 Å². The van der Waals surface area contributed by atoms with Crippen LogP contribution in [0.15, 0.2) is 16.2 Å². The van der Waals surface area contributed by atoms with E-state index >= 15 is 0 Å². The predicted molar refractivity (Wildman–Crippen MR) is 58.4 cm³/mol. The predicted octanol–water partition coefficient (Wildman–Crippen LogP) is 4.43. The van der Waals surface area contributed by atoms with Gasteiger partial charge < -0.3 is 0 Å². The third-order valence-corrected chi connectivity index (χ3v) is 3.29. The van der Waals surface area contributed by atoms with Crippen LogP contribution in [0.4, 0.5) is 22.0 Å². The fourth-order valence-corrected chi connectivity index (χ4v) is 2.29. The van der Waals surface area contributed by atoms with Gasteiger partial charge in [-0.05, 0) is 18.7 Å². The standard InChI is InChI=1S/C7H4BrF5N2S2/c1-3-4(16-7(11,12)13)2-14-5(15-3)17-6(8,9)10/h2H,1H3. The molecule has 2 nitrogen and oxygen atoms in total. The Morgan fingerprint density at radius 2 is 1.76 bits per heavy atom. The number of halogens is 6. The Balaban J connectivity index is 2.87. The molecule has 0 unspecified atom stereocenters. The normalized spacial score (nSPS) is 12.9. The van der Waals surface area contributed by atoms with Crippen LogP contribution in [-0.2, 0) is 0 Å². The highest BCUT2D eigenvalue weighted by Crippen LogP contribution is 2.41. The number of aryl methyl sites for hydroxylation is 1. The number of hydrogen-bond acceptors (Lipinski definition) is 4. The van der Waals surface area contributed by atoms with Crippen LogP contribution >= 0.6 is 39.5 Å². The third kappa shape index (κ3) is 5.87. The van der Waals surface area contributed by atoms with E-state index < -0.39 is 9.67 Å². The lowest BCUT2D eigenvalue weighted by Gasteiger charge is -2.10. The summed E-state index contributed by atoms with van der Waals surface area (Å²) < 4.78 is 58.0. The largest absolute Gasteiger partial charge is 0.446 e. The lowest BCUT2D eigenvalue weighted by atomic mass is 10.5. The van der Waals surface area contributed by atoms with Gasteiger partial charge >= 0.3 is 9.67 Å². The zero-order valence-electron chi connectivity index (χ0n) is 8.06. The average molecular weight is 355 g/mol. The minimum absolute atomic E-state index is 0.00146. The van der Waals surface area contributed by atoms with Crippen LogP contribution in [0.3, 0.4) is 0 Å². The first kappa shape index (κ1) is 15.0. The van der Waals surface area contributed by atoms with Gasteiger partial charge in [-0.2, -0.15) is 22.0 Å². The van der Waals surface area contributed by atoms with Crippen LogP contribution in [0.25, 0.3) is 0 Å². The Morgan fingerprint density at radius 1 is 1.18 bits per heavy atom. The number of aromatic nitrogens is 2. The number of rotatable bonds is 3. The molecule has 0 aliphatic carbocycles. The van der Waals surface area contributed by atoms with Crippen molar-refractivity contribution in [1.29, 1.82) is 0 Å². The number of thioether (sulfide) groups is 2. The van der Waals surface area contributed by atoms with E-state index in [1.54, 1.807) is 0 Å². The molecule has 1 aromatic rings. The molecule has 1 heterocycles. The lowest BCUT2D eigenvalue weighted by molar-refractivity contribution is -0.0328. The molecule has 10 heteroatoms. The molecule has 0 saturated carbocycles. The molecule has 0 bridgehead atoms. The molecule has 0 atom stereocenters. The molecule has 0 aliphatic heterocycles. The van der Waals surface area contributed by atoms with Gasteiger partial charge in [-0.1, -0.05) is 0 Å². The molecule has 0 aliphatic rings. The Morgan fingerprint density at radius 3 is 2.18 bits per heavy atom. The van der Waals surface area contributed by atoms with Gasteiger partial charge in [0, 0.05) is 33.9 Å². The molecule has 1 rings (SSSR count). The maximum atomic E-state index is 12.5. The van der Waals surface area contributed by atoms with E-state index in [0.29, 0.717) is 0 Å². The van der Waals surface area contributed by atoms with Crippen LogP contribution < -0.4 is 0 Å². The van der Waals surface area contributed by atoms with Gasteiger partial charge in [0.25, 0.3) is 0 Å². The monoisotopic (exact) mass is 354 g/mol. The highest BCUT2D eigenvalue weighted by molar-refractivity contribution is 9.11. The summed E-state index contributed by atoms with van der Waals surface area (Å²) >= 11 is 1.70. The summed E-state index contributed by atoms with van der Waals surface area (Å²) in [6.07, 6.45) is 0.877. The van der Waals surface area contributed by atoms with Crippen LogP contribution in [0.1, 0.15) is 5.69 Å². The fourth-order valence-electron chi connectivity index (χ4n) is 0.812. The number of hydrogen-bond donors (Lipinski definition) is 0. The zero-order chi connectivity index (χ0) is 13.3. The van der Waals surface area contributed by atoms with Gasteiger partial charge in [0.05, 0.1) is 10.6 Å². The van der Waals surface area contributed by atoms with Gasteiger partial charge in [0.1, 0.15) is 0 Å². The van der Waals surface area contributed by atoms with E-state index in [1.165, 1.54) is 6.92 Å². The van der Waals surface area contributed by atoms with Crippen molar-refractivity contribution < 1.29 is 22.0 Å². The van der Waals surface area contributed by atoms with Gasteiger partial charge in [-0.3, -0.25) is 0 Å². The van der Waals surface area contributed by atoms with Crippen molar-refractivity contribution in [3.63, 3.8) is 0 Å². The summed E-state index contributed by atoms with van der Waals surface area (Å²) in [6, 6.07) is 0. The lowest BCUT2D eigenvalue weighted by Crippen LogP contribution is -2.04. The molecular weight excluding hydrogens is 351 g/mol. The Hall–Kier alpha value is -0.0900. The highest BCUT2D eigenvalue weighted by Gasteiger charge is 2.31. The first-order chi connectivity index (χ1) is 7.57. The van der Waals surface area contributed by atoms with E-state index in [1.807, 2.05) is 0 Å². The molecule has 1 aromatic heterocycles. The first-order valence-corrected chi connectivity index (χ1v) is 6.34. The van der Waals surface area contributed by atoms with E-state index in [0.717, 1.165) is 6.20 Å². The molecule has 96 valence electrons. The Labute approximate surface area is 110 Å². The van der Waals surface area contributed by atoms with E-state index in [-0.39, 0.29) is 39.3 Å². The minimum atomic E-state index is -4.46. The van der Waals surface area contributed by atoms with Gasteiger partial charge in [0.15, 0.2) is 5.16 Å². The Kier molecular flexibility index (Phi) is 4.64. The van der Waals surface area contributed by atoms with Crippen molar-refractivity contribution in [3.8, 4) is 0 Å². The van der Waals surface area contributed by atoms with E-state index in [4.69, 9.17) is 0 Å². The second kappa shape index (κ2) is 5.27. The zero-order valence-corrected chi connectivity index (χ0v) is 11.3. The van der Waals surface area contributed by atoms with Crippen molar-refractivity contribution >= 4 is 39.5 Å². The second-order valence-electron chi connectivity index (χ2n) is 2.70. The van der Waals surface area contributed by atoms with Crippen LogP contribution in [0.5, 0.6) is 0 Å². The molecule has 0 spiro atoms. The smallest absolute Gasteiger partial charge is 0.230 e. The molecule has 0 fully saturated rings. The summed E-state index contributed by atoms with van der Waals surface area (Å²) in [5.41, 5.74) is -4.45. The fraction of sp³-hybridized carbons (Fsp3) is 0.429. The maximum absolute atomic E-state index is 12.5. The molecular formula is C7H4BrF5N2S2. The molecule has 0 saturated heterocycles. The van der Waals surface area contributed by atoms with Crippen LogP contribution in [0, 0.1) is 6.92 Å². The summed E-state index contributed by atoms with van der Waals surface area (Å²) in [6.45, 7) is 1.30. The Bertz CT molecular complexity index is 406. The summed E-state index contributed by atoms with van der Waals surface area (Å²) in [5, 5.41) is -0.295. The van der Waals surface area contributed by atoms with Gasteiger partial charge in [-0.15, -0.1) is 0 Å². The second-order valence-corrected chi connectivity index (χ2v) is 6.41. The first-order valence-electron chi connectivity index (χ1n) is 3.92. The van der Waals surface area contributed by atoms with Crippen LogP contribution in [-0.4, -0.2) is 19.6 Å². The van der Waals surface area contributed by atoms with E-state index in [2.05, 4.69) is 25.9 Å². The molecule has 0 amide bonds. The summed E-state index contributed by atoms with van der Waals surface area (Å²) in [4.78, 5) is 6.79. The highest BCUT2D eigenvalue weighted by atomic mass is 79.9. The van der Waals surface area contributed by atoms with Gasteiger partial charge in [0.2, 0.25) is 0 Å². The number of nitrogens with zero attached hydrogens (tertiary/aromatic N) is 2. The van der Waals surface area contributed by atoms with Crippen molar-refractivity contribution in [2.45, 2.75) is 26.6 Å². The molecule has 17 heavy (non-hydrogen) atoms. The van der Waals surface area contributed by atoms with Crippen LogP contribution in [0.2, 0.25) is 0 Å². The summed E-state index contributed by atoms with van der Waals surface area (Å²) in [5.74, 6) is 0. The third-order valence-electron chi connectivity index (χ3n) is 1.34. The molecule has 0 N–H and O–H groups in total. The quantitative estimate of drug-likeness (QED) is 0.347. The van der Waals surface area contributed by atoms with E-state index in [9.17, 15) is 22.0 Å².